The van der Waals surface area contributed by atoms with E-state index in [-0.39, 0.29) is 15.8 Å². The van der Waals surface area contributed by atoms with Gasteiger partial charge in [0.15, 0.2) is 0 Å². The average molecular weight is 307 g/mol. The van der Waals surface area contributed by atoms with Crippen LogP contribution in [0.4, 0.5) is 0 Å². The highest BCUT2D eigenvalue weighted by atomic mass is 32.2. The fraction of sp³-hybridized carbons (Fsp3) is 0.500. The number of aromatic carboxylic acids is 1. The molecule has 0 aromatic carbocycles. The second-order valence-corrected chi connectivity index (χ2v) is 7.81. The normalized spacial score (nSPS) is 17.8. The van der Waals surface area contributed by atoms with Gasteiger partial charge in [0.1, 0.15) is 4.88 Å². The third-order valence-electron chi connectivity index (χ3n) is 2.64. The van der Waals surface area contributed by atoms with Crippen LogP contribution in [0.5, 0.6) is 0 Å². The number of carboxylic acid groups (broad SMARTS) is 1. The summed E-state index contributed by atoms with van der Waals surface area (Å²) in [6.45, 7) is 0. The molecular formula is C10H13NO4S3. The van der Waals surface area contributed by atoms with Crippen LogP contribution in [0, 0.1) is 0 Å². The molecule has 8 heteroatoms. The van der Waals surface area contributed by atoms with Gasteiger partial charge in [0, 0.05) is 11.4 Å². The van der Waals surface area contributed by atoms with Gasteiger partial charge in [-0.2, -0.15) is 11.8 Å². The third-order valence-corrected chi connectivity index (χ3v) is 6.26. The summed E-state index contributed by atoms with van der Waals surface area (Å²) in [5.74, 6) is 0.810. The molecule has 1 fully saturated rings. The molecule has 1 saturated heterocycles. The minimum absolute atomic E-state index is 0.0366. The second-order valence-electron chi connectivity index (χ2n) is 3.96. The van der Waals surface area contributed by atoms with E-state index >= 15 is 0 Å². The Morgan fingerprint density at radius 1 is 1.39 bits per heavy atom. The second kappa shape index (κ2) is 5.60. The summed E-state index contributed by atoms with van der Waals surface area (Å²) in [6, 6.07) is 1.16. The van der Waals surface area contributed by atoms with E-state index in [4.69, 9.17) is 5.11 Å². The van der Waals surface area contributed by atoms with Gasteiger partial charge < -0.3 is 5.11 Å². The Kier molecular flexibility index (Phi) is 4.31. The highest BCUT2D eigenvalue weighted by Crippen LogP contribution is 2.22. The highest BCUT2D eigenvalue weighted by Gasteiger charge is 2.23. The van der Waals surface area contributed by atoms with Gasteiger partial charge in [-0.25, -0.2) is 17.9 Å². The molecule has 1 aromatic heterocycles. The molecule has 2 N–H and O–H groups in total. The SMILES string of the molecule is O=C(O)c1cc(S(=O)(=O)NC2CCSCC2)cs1. The maximum Gasteiger partial charge on any atom is 0.345 e. The number of thioether (sulfide) groups is 1. The summed E-state index contributed by atoms with van der Waals surface area (Å²) >= 11 is 2.74. The standard InChI is InChI=1S/C10H13NO4S3/c12-10(13)9-5-8(6-17-9)18(14,15)11-7-1-3-16-4-2-7/h5-7,11H,1-4H2,(H,12,13). The van der Waals surface area contributed by atoms with Crippen molar-refractivity contribution in [2.24, 2.45) is 0 Å². The number of thiophene rings is 1. The molecule has 0 atom stereocenters. The van der Waals surface area contributed by atoms with Crippen LogP contribution in [0.25, 0.3) is 0 Å². The summed E-state index contributed by atoms with van der Waals surface area (Å²) in [6.07, 6.45) is 1.64. The number of nitrogens with one attached hydrogen (secondary N) is 1. The fourth-order valence-electron chi connectivity index (χ4n) is 1.67. The first kappa shape index (κ1) is 13.9. The number of carbonyl (C=O) groups is 1. The molecule has 0 aliphatic carbocycles. The fourth-order valence-corrected chi connectivity index (χ4v) is 5.20. The molecule has 0 radical (unpaired) electrons. The quantitative estimate of drug-likeness (QED) is 0.883. The molecule has 100 valence electrons. The first-order chi connectivity index (χ1) is 8.49. The van der Waals surface area contributed by atoms with Gasteiger partial charge in [-0.05, 0) is 30.4 Å². The monoisotopic (exact) mass is 307 g/mol. The Bertz CT molecular complexity index is 531. The predicted molar refractivity (Wildman–Crippen MR) is 71.9 cm³/mol. The van der Waals surface area contributed by atoms with E-state index in [9.17, 15) is 13.2 Å². The van der Waals surface area contributed by atoms with E-state index in [1.807, 2.05) is 11.8 Å². The maximum atomic E-state index is 12.0. The lowest BCUT2D eigenvalue weighted by Crippen LogP contribution is -2.37. The van der Waals surface area contributed by atoms with Gasteiger partial charge in [0.2, 0.25) is 10.0 Å². The summed E-state index contributed by atoms with van der Waals surface area (Å²) < 4.78 is 26.7. The van der Waals surface area contributed by atoms with Gasteiger partial charge in [-0.15, -0.1) is 11.3 Å². The van der Waals surface area contributed by atoms with Crippen molar-refractivity contribution < 1.29 is 18.3 Å². The molecule has 1 aliphatic heterocycles. The van der Waals surface area contributed by atoms with E-state index in [2.05, 4.69) is 4.72 Å². The summed E-state index contributed by atoms with van der Waals surface area (Å²) in [5, 5.41) is 10.1. The number of rotatable bonds is 4. The van der Waals surface area contributed by atoms with Crippen molar-refractivity contribution in [2.75, 3.05) is 11.5 Å². The molecule has 0 bridgehead atoms. The van der Waals surface area contributed by atoms with Crippen molar-refractivity contribution in [1.29, 1.82) is 0 Å². The average Bonchev–Trinajstić information content (AvgIpc) is 2.79. The first-order valence-electron chi connectivity index (χ1n) is 5.41. The lowest BCUT2D eigenvalue weighted by molar-refractivity contribution is 0.0702. The first-order valence-corrected chi connectivity index (χ1v) is 8.93. The van der Waals surface area contributed by atoms with Crippen LogP contribution in [0.2, 0.25) is 0 Å². The van der Waals surface area contributed by atoms with Gasteiger partial charge in [-0.3, -0.25) is 0 Å². The Morgan fingerprint density at radius 3 is 2.61 bits per heavy atom. The molecule has 2 rings (SSSR count). The summed E-state index contributed by atoms with van der Waals surface area (Å²) in [4.78, 5) is 10.8. The van der Waals surface area contributed by atoms with E-state index < -0.39 is 16.0 Å². The van der Waals surface area contributed by atoms with Crippen LogP contribution >= 0.6 is 23.1 Å². The molecule has 2 heterocycles. The number of hydrogen-bond acceptors (Lipinski definition) is 5. The highest BCUT2D eigenvalue weighted by molar-refractivity contribution is 7.99. The smallest absolute Gasteiger partial charge is 0.345 e. The molecule has 0 saturated carbocycles. The number of hydrogen-bond donors (Lipinski definition) is 2. The van der Waals surface area contributed by atoms with Crippen molar-refractivity contribution >= 4 is 39.1 Å². The zero-order valence-corrected chi connectivity index (χ0v) is 11.9. The Balaban J connectivity index is 2.11. The minimum atomic E-state index is -3.58. The maximum absolute atomic E-state index is 12.0. The lowest BCUT2D eigenvalue weighted by Gasteiger charge is -2.21. The molecule has 0 amide bonds. The van der Waals surface area contributed by atoms with Crippen LogP contribution < -0.4 is 4.72 Å². The van der Waals surface area contributed by atoms with Gasteiger partial charge in [-0.1, -0.05) is 0 Å². The van der Waals surface area contributed by atoms with Crippen molar-refractivity contribution in [3.8, 4) is 0 Å². The van der Waals surface area contributed by atoms with Crippen LogP contribution in [0.3, 0.4) is 0 Å². The molecular weight excluding hydrogens is 294 g/mol. The Hall–Kier alpha value is -0.570. The van der Waals surface area contributed by atoms with Crippen molar-refractivity contribution in [3.63, 3.8) is 0 Å². The van der Waals surface area contributed by atoms with Crippen LogP contribution in [0.1, 0.15) is 22.5 Å². The number of carboxylic acids is 1. The minimum Gasteiger partial charge on any atom is -0.477 e. The van der Waals surface area contributed by atoms with Gasteiger partial charge in [0.05, 0.1) is 4.90 Å². The molecule has 1 aromatic rings. The van der Waals surface area contributed by atoms with Crippen LogP contribution in [-0.4, -0.2) is 37.0 Å². The van der Waals surface area contributed by atoms with E-state index in [1.165, 1.54) is 11.4 Å². The zero-order chi connectivity index (χ0) is 13.2. The van der Waals surface area contributed by atoms with E-state index in [0.29, 0.717) is 0 Å². The molecule has 5 nitrogen and oxygen atoms in total. The zero-order valence-electron chi connectivity index (χ0n) is 9.46. The predicted octanol–water partition coefficient (Wildman–Crippen LogP) is 1.62. The summed E-state index contributed by atoms with van der Waals surface area (Å²) in [7, 11) is -3.58. The van der Waals surface area contributed by atoms with Crippen LogP contribution in [0.15, 0.2) is 16.3 Å². The van der Waals surface area contributed by atoms with Crippen molar-refractivity contribution in [1.82, 2.24) is 4.72 Å². The molecule has 0 unspecified atom stereocenters. The molecule has 1 aliphatic rings. The van der Waals surface area contributed by atoms with Gasteiger partial charge in [0.25, 0.3) is 0 Å². The van der Waals surface area contributed by atoms with E-state index in [0.717, 1.165) is 35.7 Å². The lowest BCUT2D eigenvalue weighted by atomic mass is 10.2. The third kappa shape index (κ3) is 3.25. The van der Waals surface area contributed by atoms with Crippen LogP contribution in [-0.2, 0) is 10.0 Å². The molecule has 18 heavy (non-hydrogen) atoms. The van der Waals surface area contributed by atoms with Gasteiger partial charge >= 0.3 is 5.97 Å². The van der Waals surface area contributed by atoms with Crippen molar-refractivity contribution in [2.45, 2.75) is 23.8 Å². The topological polar surface area (TPSA) is 83.5 Å². The number of sulfonamides is 1. The molecule has 0 spiro atoms. The summed E-state index contributed by atoms with van der Waals surface area (Å²) in [5.41, 5.74) is 0. The largest absolute Gasteiger partial charge is 0.477 e. The Morgan fingerprint density at radius 2 is 2.06 bits per heavy atom. The Labute approximate surface area is 114 Å². The van der Waals surface area contributed by atoms with Crippen molar-refractivity contribution in [3.05, 3.63) is 16.3 Å². The van der Waals surface area contributed by atoms with E-state index in [1.54, 1.807) is 0 Å².